The Morgan fingerprint density at radius 2 is 1.69 bits per heavy atom. The highest BCUT2D eigenvalue weighted by Crippen LogP contribution is 2.20. The number of benzene rings is 2. The van der Waals surface area contributed by atoms with Crippen molar-refractivity contribution in [2.45, 2.75) is 19.8 Å². The van der Waals surface area contributed by atoms with Crippen LogP contribution in [0.4, 0.5) is 5.69 Å². The highest BCUT2D eigenvalue weighted by molar-refractivity contribution is 5.66. The quantitative estimate of drug-likeness (QED) is 0.688. The van der Waals surface area contributed by atoms with Gasteiger partial charge in [-0.3, -0.25) is 0 Å². The Hall–Kier alpha value is -3.57. The van der Waals surface area contributed by atoms with Crippen molar-refractivity contribution in [1.82, 2.24) is 9.78 Å². The van der Waals surface area contributed by atoms with E-state index in [1.807, 2.05) is 41.9 Å². The average Bonchev–Trinajstić information content (AvgIpc) is 3.06. The molecule has 0 amide bonds. The Labute approximate surface area is 153 Å². The number of rotatable bonds is 6. The van der Waals surface area contributed by atoms with Gasteiger partial charge >= 0.3 is 0 Å². The summed E-state index contributed by atoms with van der Waals surface area (Å²) in [6, 6.07) is 19.5. The lowest BCUT2D eigenvalue weighted by atomic mass is 10.1. The maximum atomic E-state index is 9.21. The molecule has 0 aliphatic rings. The largest absolute Gasteiger partial charge is 0.383 e. The normalized spacial score (nSPS) is 10.1. The van der Waals surface area contributed by atoms with E-state index in [0.29, 0.717) is 23.4 Å². The number of nitrogens with one attached hydrogen (secondary N) is 1. The molecular weight excluding hydrogens is 322 g/mol. The van der Waals surface area contributed by atoms with E-state index in [-0.39, 0.29) is 0 Å². The molecule has 5 heteroatoms. The molecule has 3 rings (SSSR count). The summed E-state index contributed by atoms with van der Waals surface area (Å²) in [4.78, 5) is 0. The molecule has 128 valence electrons. The molecule has 1 aromatic heterocycles. The molecule has 0 saturated carbocycles. The third-order valence-electron chi connectivity index (χ3n) is 4.25. The van der Waals surface area contributed by atoms with Crippen molar-refractivity contribution >= 4 is 5.69 Å². The average molecular weight is 341 g/mol. The molecular formula is C21H19N5. The highest BCUT2D eigenvalue weighted by atomic mass is 15.3. The standard InChI is InChI=1S/C21H19N5/c1-16-19(15-26(25-16)20-10-3-2-4-11-20)9-6-12-24-21-17(13-22)7-5-8-18(21)14-23/h2-5,7-8,10-11,15,24H,6,9,12H2,1H3. The lowest BCUT2D eigenvalue weighted by molar-refractivity contribution is 0.856. The van der Waals surface area contributed by atoms with Gasteiger partial charge in [0.15, 0.2) is 0 Å². The van der Waals surface area contributed by atoms with Gasteiger partial charge < -0.3 is 5.32 Å². The molecule has 0 atom stereocenters. The molecule has 2 aromatic carbocycles. The molecule has 0 saturated heterocycles. The van der Waals surface area contributed by atoms with Crippen molar-refractivity contribution in [3.63, 3.8) is 0 Å². The van der Waals surface area contributed by atoms with E-state index in [1.54, 1.807) is 18.2 Å². The molecule has 3 aromatic rings. The Bertz CT molecular complexity index is 942. The summed E-state index contributed by atoms with van der Waals surface area (Å²) in [7, 11) is 0. The fourth-order valence-corrected chi connectivity index (χ4v) is 2.88. The number of aryl methyl sites for hydroxylation is 2. The number of anilines is 1. The van der Waals surface area contributed by atoms with Gasteiger partial charge in [-0.25, -0.2) is 4.68 Å². The zero-order valence-electron chi connectivity index (χ0n) is 14.6. The van der Waals surface area contributed by atoms with Crippen LogP contribution in [0.1, 0.15) is 28.8 Å². The summed E-state index contributed by atoms with van der Waals surface area (Å²) in [5.41, 5.74) is 4.87. The lowest BCUT2D eigenvalue weighted by Gasteiger charge is -2.09. The van der Waals surface area contributed by atoms with E-state index < -0.39 is 0 Å². The van der Waals surface area contributed by atoms with Crippen molar-refractivity contribution in [3.05, 3.63) is 77.1 Å². The Morgan fingerprint density at radius 1 is 1.00 bits per heavy atom. The lowest BCUT2D eigenvalue weighted by Crippen LogP contribution is -2.06. The zero-order valence-corrected chi connectivity index (χ0v) is 14.6. The van der Waals surface area contributed by atoms with Crippen LogP contribution in [0.15, 0.2) is 54.7 Å². The molecule has 0 unspecified atom stereocenters. The Morgan fingerprint density at radius 3 is 2.35 bits per heavy atom. The van der Waals surface area contributed by atoms with Crippen LogP contribution in [0.2, 0.25) is 0 Å². The van der Waals surface area contributed by atoms with Crippen LogP contribution in [-0.4, -0.2) is 16.3 Å². The number of hydrogen-bond acceptors (Lipinski definition) is 4. The summed E-state index contributed by atoms with van der Waals surface area (Å²) in [5.74, 6) is 0. The van der Waals surface area contributed by atoms with Crippen LogP contribution in [0, 0.1) is 29.6 Å². The van der Waals surface area contributed by atoms with Crippen LogP contribution >= 0.6 is 0 Å². The highest BCUT2D eigenvalue weighted by Gasteiger charge is 2.09. The third kappa shape index (κ3) is 3.74. The minimum atomic E-state index is 0.497. The van der Waals surface area contributed by atoms with Gasteiger partial charge in [-0.1, -0.05) is 24.3 Å². The molecule has 0 fully saturated rings. The first-order valence-corrected chi connectivity index (χ1v) is 8.50. The summed E-state index contributed by atoms with van der Waals surface area (Å²) < 4.78 is 1.90. The fourth-order valence-electron chi connectivity index (χ4n) is 2.88. The molecule has 0 bridgehead atoms. The third-order valence-corrected chi connectivity index (χ3v) is 4.25. The van der Waals surface area contributed by atoms with Gasteiger partial charge in [-0.2, -0.15) is 15.6 Å². The van der Waals surface area contributed by atoms with Crippen molar-refractivity contribution in [3.8, 4) is 17.8 Å². The van der Waals surface area contributed by atoms with E-state index in [1.165, 1.54) is 5.56 Å². The topological polar surface area (TPSA) is 77.4 Å². The predicted molar refractivity (Wildman–Crippen MR) is 101 cm³/mol. The van der Waals surface area contributed by atoms with E-state index >= 15 is 0 Å². The van der Waals surface area contributed by atoms with Crippen LogP contribution in [0.3, 0.4) is 0 Å². The first-order chi connectivity index (χ1) is 12.7. The monoisotopic (exact) mass is 341 g/mol. The minimum Gasteiger partial charge on any atom is -0.383 e. The fraction of sp³-hybridized carbons (Fsp3) is 0.190. The van der Waals surface area contributed by atoms with E-state index in [9.17, 15) is 10.5 Å². The van der Waals surface area contributed by atoms with Crippen molar-refractivity contribution < 1.29 is 0 Å². The molecule has 0 spiro atoms. The van der Waals surface area contributed by atoms with Gasteiger partial charge in [-0.15, -0.1) is 0 Å². The van der Waals surface area contributed by atoms with Gasteiger partial charge in [0.1, 0.15) is 12.1 Å². The summed E-state index contributed by atoms with van der Waals surface area (Å²) >= 11 is 0. The van der Waals surface area contributed by atoms with E-state index in [2.05, 4.69) is 28.8 Å². The van der Waals surface area contributed by atoms with Gasteiger partial charge in [0, 0.05) is 12.7 Å². The van der Waals surface area contributed by atoms with Crippen molar-refractivity contribution in [1.29, 1.82) is 10.5 Å². The van der Waals surface area contributed by atoms with Gasteiger partial charge in [0.25, 0.3) is 0 Å². The zero-order chi connectivity index (χ0) is 18.4. The molecule has 5 nitrogen and oxygen atoms in total. The molecule has 1 N–H and O–H groups in total. The minimum absolute atomic E-state index is 0.497. The number of para-hydroxylation sites is 2. The maximum absolute atomic E-state index is 9.21. The Kier molecular flexibility index (Phi) is 5.31. The van der Waals surface area contributed by atoms with E-state index in [4.69, 9.17) is 0 Å². The van der Waals surface area contributed by atoms with Crippen LogP contribution < -0.4 is 5.32 Å². The van der Waals surface area contributed by atoms with Crippen LogP contribution in [0.25, 0.3) is 5.69 Å². The number of nitriles is 2. The van der Waals surface area contributed by atoms with Gasteiger partial charge in [0.2, 0.25) is 0 Å². The van der Waals surface area contributed by atoms with Gasteiger partial charge in [0.05, 0.1) is 28.2 Å². The van der Waals surface area contributed by atoms with Gasteiger partial charge in [-0.05, 0) is 49.6 Å². The van der Waals surface area contributed by atoms with Crippen LogP contribution in [0.5, 0.6) is 0 Å². The van der Waals surface area contributed by atoms with Crippen molar-refractivity contribution in [2.75, 3.05) is 11.9 Å². The number of hydrogen-bond donors (Lipinski definition) is 1. The number of nitrogens with zero attached hydrogens (tertiary/aromatic N) is 4. The summed E-state index contributed by atoms with van der Waals surface area (Å²) in [6.45, 7) is 2.70. The number of aromatic nitrogens is 2. The second kappa shape index (κ2) is 8.00. The first kappa shape index (κ1) is 17.3. The molecule has 0 aliphatic heterocycles. The Balaban J connectivity index is 1.63. The predicted octanol–water partition coefficient (Wildman–Crippen LogP) is 3.97. The first-order valence-electron chi connectivity index (χ1n) is 8.50. The van der Waals surface area contributed by atoms with Crippen molar-refractivity contribution in [2.24, 2.45) is 0 Å². The maximum Gasteiger partial charge on any atom is 0.101 e. The molecule has 0 radical (unpaired) electrons. The summed E-state index contributed by atoms with van der Waals surface area (Å²) in [5, 5.41) is 26.2. The molecule has 0 aliphatic carbocycles. The molecule has 1 heterocycles. The summed E-state index contributed by atoms with van der Waals surface area (Å²) in [6.07, 6.45) is 3.82. The second-order valence-electron chi connectivity index (χ2n) is 6.00. The van der Waals surface area contributed by atoms with E-state index in [0.717, 1.165) is 24.2 Å². The smallest absolute Gasteiger partial charge is 0.101 e. The van der Waals surface area contributed by atoms with Crippen LogP contribution in [-0.2, 0) is 6.42 Å². The molecule has 26 heavy (non-hydrogen) atoms. The second-order valence-corrected chi connectivity index (χ2v) is 6.00. The SMILES string of the molecule is Cc1nn(-c2ccccc2)cc1CCCNc1c(C#N)cccc1C#N.